The highest BCUT2D eigenvalue weighted by Gasteiger charge is 2.38. The Labute approximate surface area is 78.1 Å². The van der Waals surface area contributed by atoms with Crippen LogP contribution in [0.15, 0.2) is 0 Å². The molecule has 2 aliphatic rings. The minimum absolute atomic E-state index is 0.338. The first kappa shape index (κ1) is 9.00. The van der Waals surface area contributed by atoms with Crippen LogP contribution in [0.1, 0.15) is 32.1 Å². The summed E-state index contributed by atoms with van der Waals surface area (Å²) in [5.41, 5.74) is 0. The molecular formula is C10H16O3. The Morgan fingerprint density at radius 3 is 3.00 bits per heavy atom. The van der Waals surface area contributed by atoms with E-state index in [0.717, 1.165) is 19.4 Å². The van der Waals surface area contributed by atoms with Crippen LogP contribution in [0.3, 0.4) is 0 Å². The summed E-state index contributed by atoms with van der Waals surface area (Å²) in [7, 11) is 0. The zero-order valence-electron chi connectivity index (χ0n) is 7.74. The van der Waals surface area contributed by atoms with Gasteiger partial charge in [0.15, 0.2) is 0 Å². The fourth-order valence-electron chi connectivity index (χ4n) is 2.76. The van der Waals surface area contributed by atoms with E-state index in [9.17, 15) is 4.79 Å². The van der Waals surface area contributed by atoms with E-state index in [2.05, 4.69) is 0 Å². The third-order valence-corrected chi connectivity index (χ3v) is 3.37. The van der Waals surface area contributed by atoms with Gasteiger partial charge in [-0.2, -0.15) is 0 Å². The number of ether oxygens (including phenoxy) is 1. The van der Waals surface area contributed by atoms with E-state index >= 15 is 0 Å². The van der Waals surface area contributed by atoms with Gasteiger partial charge in [-0.1, -0.05) is 6.42 Å². The lowest BCUT2D eigenvalue weighted by Crippen LogP contribution is -2.33. The van der Waals surface area contributed by atoms with Gasteiger partial charge in [0.1, 0.15) is 0 Å². The van der Waals surface area contributed by atoms with Crippen LogP contribution in [0.2, 0.25) is 0 Å². The number of hydrogen-bond acceptors (Lipinski definition) is 2. The third-order valence-electron chi connectivity index (χ3n) is 3.37. The van der Waals surface area contributed by atoms with Crippen LogP contribution in [-0.2, 0) is 9.53 Å². The van der Waals surface area contributed by atoms with Crippen molar-refractivity contribution in [2.45, 2.75) is 38.2 Å². The Hall–Kier alpha value is -0.570. The molecule has 3 nitrogen and oxygen atoms in total. The zero-order valence-corrected chi connectivity index (χ0v) is 7.74. The third kappa shape index (κ3) is 1.85. The molecule has 2 rings (SSSR count). The monoisotopic (exact) mass is 184 g/mol. The summed E-state index contributed by atoms with van der Waals surface area (Å²) in [5.74, 6) is 0.251. The van der Waals surface area contributed by atoms with Crippen LogP contribution in [-0.4, -0.2) is 23.8 Å². The minimum Gasteiger partial charge on any atom is -0.481 e. The van der Waals surface area contributed by atoms with Crippen molar-refractivity contribution >= 4 is 5.97 Å². The lowest BCUT2D eigenvalue weighted by Gasteiger charge is -2.33. The summed E-state index contributed by atoms with van der Waals surface area (Å²) in [6, 6.07) is 0. The predicted molar refractivity (Wildman–Crippen MR) is 47.4 cm³/mol. The minimum atomic E-state index is -0.655. The fourth-order valence-corrected chi connectivity index (χ4v) is 2.76. The molecule has 1 saturated heterocycles. The second kappa shape index (κ2) is 3.66. The zero-order chi connectivity index (χ0) is 9.26. The molecule has 74 valence electrons. The van der Waals surface area contributed by atoms with Gasteiger partial charge in [-0.15, -0.1) is 0 Å². The number of rotatable bonds is 2. The Bertz CT molecular complexity index is 202. The smallest absolute Gasteiger partial charge is 0.303 e. The van der Waals surface area contributed by atoms with E-state index in [-0.39, 0.29) is 0 Å². The molecule has 1 saturated carbocycles. The summed E-state index contributed by atoms with van der Waals surface area (Å²) in [5, 5.41) is 8.74. The van der Waals surface area contributed by atoms with Crippen molar-refractivity contribution in [2.24, 2.45) is 11.8 Å². The van der Waals surface area contributed by atoms with Crippen LogP contribution in [0.25, 0.3) is 0 Å². The molecule has 0 aromatic rings. The maximum absolute atomic E-state index is 10.6. The highest BCUT2D eigenvalue weighted by atomic mass is 16.5. The quantitative estimate of drug-likeness (QED) is 0.710. The van der Waals surface area contributed by atoms with Crippen molar-refractivity contribution in [1.82, 2.24) is 0 Å². The van der Waals surface area contributed by atoms with Crippen LogP contribution < -0.4 is 0 Å². The molecule has 0 amide bonds. The maximum Gasteiger partial charge on any atom is 0.303 e. The van der Waals surface area contributed by atoms with E-state index in [0.29, 0.717) is 24.4 Å². The van der Waals surface area contributed by atoms with E-state index in [4.69, 9.17) is 9.84 Å². The summed E-state index contributed by atoms with van der Waals surface area (Å²) in [6.07, 6.45) is 5.17. The van der Waals surface area contributed by atoms with E-state index < -0.39 is 5.97 Å². The summed E-state index contributed by atoms with van der Waals surface area (Å²) in [6.45, 7) is 0.763. The Kier molecular flexibility index (Phi) is 2.54. The number of carboxylic acids is 1. The van der Waals surface area contributed by atoms with Crippen molar-refractivity contribution in [3.8, 4) is 0 Å². The van der Waals surface area contributed by atoms with Gasteiger partial charge in [-0.3, -0.25) is 4.79 Å². The molecule has 1 aliphatic heterocycles. The van der Waals surface area contributed by atoms with Gasteiger partial charge in [-0.05, 0) is 31.1 Å². The lowest BCUT2D eigenvalue weighted by molar-refractivity contribution is -0.140. The molecule has 0 aromatic carbocycles. The summed E-state index contributed by atoms with van der Waals surface area (Å²) < 4.78 is 5.62. The van der Waals surface area contributed by atoms with Crippen molar-refractivity contribution in [3.63, 3.8) is 0 Å². The van der Waals surface area contributed by atoms with Crippen molar-refractivity contribution < 1.29 is 14.6 Å². The van der Waals surface area contributed by atoms with Gasteiger partial charge in [0.2, 0.25) is 0 Å². The normalized spacial score (nSPS) is 38.6. The molecule has 1 N–H and O–H groups in total. The van der Waals surface area contributed by atoms with Gasteiger partial charge >= 0.3 is 5.97 Å². The molecule has 3 heteroatoms. The molecular weight excluding hydrogens is 168 g/mol. The van der Waals surface area contributed by atoms with Crippen molar-refractivity contribution in [3.05, 3.63) is 0 Å². The molecule has 0 bridgehead atoms. The van der Waals surface area contributed by atoms with Gasteiger partial charge < -0.3 is 9.84 Å². The molecule has 0 aromatic heterocycles. The Morgan fingerprint density at radius 1 is 1.38 bits per heavy atom. The predicted octanol–water partition coefficient (Wildman–Crippen LogP) is 1.67. The second-order valence-electron chi connectivity index (χ2n) is 4.15. The van der Waals surface area contributed by atoms with E-state index in [1.54, 1.807) is 0 Å². The van der Waals surface area contributed by atoms with Gasteiger partial charge in [0, 0.05) is 13.0 Å². The largest absolute Gasteiger partial charge is 0.481 e. The number of hydrogen-bond donors (Lipinski definition) is 1. The number of carbonyl (C=O) groups is 1. The highest BCUT2D eigenvalue weighted by Crippen LogP contribution is 2.40. The average molecular weight is 184 g/mol. The van der Waals surface area contributed by atoms with Crippen LogP contribution in [0, 0.1) is 11.8 Å². The molecule has 1 heterocycles. The molecule has 0 spiro atoms. The van der Waals surface area contributed by atoms with Gasteiger partial charge in [0.25, 0.3) is 0 Å². The summed E-state index contributed by atoms with van der Waals surface area (Å²) in [4.78, 5) is 10.6. The standard InChI is InChI=1S/C10H16O3/c11-10(12)6-7-4-5-13-9-3-1-2-8(7)9/h7-9H,1-6H2,(H,11,12). The van der Waals surface area contributed by atoms with Gasteiger partial charge in [0.05, 0.1) is 6.10 Å². The van der Waals surface area contributed by atoms with E-state index in [1.807, 2.05) is 0 Å². The average Bonchev–Trinajstić information content (AvgIpc) is 2.51. The van der Waals surface area contributed by atoms with Crippen molar-refractivity contribution in [1.29, 1.82) is 0 Å². The molecule has 0 radical (unpaired) electrons. The molecule has 2 fully saturated rings. The second-order valence-corrected chi connectivity index (χ2v) is 4.15. The SMILES string of the molecule is O=C(O)CC1CCOC2CCCC12. The summed E-state index contributed by atoms with van der Waals surface area (Å²) >= 11 is 0. The molecule has 13 heavy (non-hydrogen) atoms. The fraction of sp³-hybridized carbons (Fsp3) is 0.900. The number of aliphatic carboxylic acids is 1. The topological polar surface area (TPSA) is 46.5 Å². The van der Waals surface area contributed by atoms with Crippen LogP contribution in [0.5, 0.6) is 0 Å². The van der Waals surface area contributed by atoms with Gasteiger partial charge in [-0.25, -0.2) is 0 Å². The maximum atomic E-state index is 10.6. The Morgan fingerprint density at radius 2 is 2.23 bits per heavy atom. The number of fused-ring (bicyclic) bond motifs is 1. The molecule has 3 unspecified atom stereocenters. The van der Waals surface area contributed by atoms with Crippen LogP contribution >= 0.6 is 0 Å². The lowest BCUT2D eigenvalue weighted by atomic mass is 9.83. The Balaban J connectivity index is 1.97. The van der Waals surface area contributed by atoms with Crippen molar-refractivity contribution in [2.75, 3.05) is 6.61 Å². The van der Waals surface area contributed by atoms with E-state index in [1.165, 1.54) is 12.8 Å². The first-order valence-electron chi connectivity index (χ1n) is 5.11. The van der Waals surface area contributed by atoms with Crippen LogP contribution in [0.4, 0.5) is 0 Å². The first-order chi connectivity index (χ1) is 6.27. The highest BCUT2D eigenvalue weighted by molar-refractivity contribution is 5.67. The first-order valence-corrected chi connectivity index (χ1v) is 5.11. The molecule has 1 aliphatic carbocycles. The molecule has 3 atom stereocenters. The number of carboxylic acid groups (broad SMARTS) is 1.